The van der Waals surface area contributed by atoms with Crippen LogP contribution in [0, 0.1) is 22.7 Å². The van der Waals surface area contributed by atoms with E-state index in [0.717, 1.165) is 77.3 Å². The van der Waals surface area contributed by atoms with Crippen molar-refractivity contribution >= 4 is 43.9 Å². The lowest BCUT2D eigenvalue weighted by Gasteiger charge is -2.13. The van der Waals surface area contributed by atoms with Gasteiger partial charge in [0.05, 0.1) is 23.3 Å². The van der Waals surface area contributed by atoms with Crippen molar-refractivity contribution in [1.29, 1.82) is 10.5 Å². The first kappa shape index (κ1) is 23.8. The van der Waals surface area contributed by atoms with Gasteiger partial charge in [0, 0.05) is 27.1 Å². The third-order valence-corrected chi connectivity index (χ3v) is 7.91. The van der Waals surface area contributed by atoms with Crippen LogP contribution in [0.4, 0.5) is 0 Å². The van der Waals surface area contributed by atoms with Gasteiger partial charge in [-0.15, -0.1) is 0 Å². The molecule has 0 radical (unpaired) electrons. The quantitative estimate of drug-likeness (QED) is 0.225. The summed E-state index contributed by atoms with van der Waals surface area (Å²) in [5.41, 5.74) is 10.4. The zero-order valence-electron chi connectivity index (χ0n) is 22.3. The van der Waals surface area contributed by atoms with Crippen LogP contribution < -0.4 is 0 Å². The smallest absolute Gasteiger partial charge is 0.143 e. The van der Waals surface area contributed by atoms with E-state index in [2.05, 4.69) is 48.5 Å². The predicted octanol–water partition coefficient (Wildman–Crippen LogP) is 10.2. The van der Waals surface area contributed by atoms with Crippen LogP contribution in [-0.2, 0) is 0 Å². The van der Waals surface area contributed by atoms with E-state index < -0.39 is 0 Å². The minimum atomic E-state index is 0.595. The fraction of sp³-hybridized carbons (Fsp3) is 0. The Kier molecular flexibility index (Phi) is 5.22. The largest absolute Gasteiger partial charge is 0.456 e. The predicted molar refractivity (Wildman–Crippen MR) is 167 cm³/mol. The van der Waals surface area contributed by atoms with Gasteiger partial charge in [-0.25, -0.2) is 0 Å². The Bertz CT molecular complexity index is 2450. The van der Waals surface area contributed by atoms with Gasteiger partial charge < -0.3 is 8.83 Å². The summed E-state index contributed by atoms with van der Waals surface area (Å²) in [4.78, 5) is 0. The average Bonchev–Trinajstić information content (AvgIpc) is 3.62. The average molecular weight is 537 g/mol. The van der Waals surface area contributed by atoms with Gasteiger partial charge in [0.1, 0.15) is 22.3 Å². The lowest BCUT2D eigenvalue weighted by atomic mass is 9.91. The number of hydrogen-bond donors (Lipinski definition) is 0. The molecular weight excluding hydrogens is 516 g/mol. The molecular formula is C38H20N2O2. The van der Waals surface area contributed by atoms with Crippen molar-refractivity contribution in [2.75, 3.05) is 0 Å². The molecule has 6 aromatic carbocycles. The summed E-state index contributed by atoms with van der Waals surface area (Å²) in [7, 11) is 0. The van der Waals surface area contributed by atoms with Crippen LogP contribution in [0.1, 0.15) is 11.1 Å². The maximum atomic E-state index is 9.60. The van der Waals surface area contributed by atoms with Crippen molar-refractivity contribution in [1.82, 2.24) is 0 Å². The molecule has 0 aliphatic heterocycles. The number of nitriles is 2. The van der Waals surface area contributed by atoms with E-state index in [4.69, 9.17) is 8.83 Å². The minimum Gasteiger partial charge on any atom is -0.456 e. The summed E-state index contributed by atoms with van der Waals surface area (Å²) in [6.07, 6.45) is 0. The van der Waals surface area contributed by atoms with E-state index in [1.165, 1.54) is 0 Å². The van der Waals surface area contributed by atoms with Crippen LogP contribution >= 0.6 is 0 Å². The van der Waals surface area contributed by atoms with Gasteiger partial charge in [0.25, 0.3) is 0 Å². The van der Waals surface area contributed by atoms with Crippen molar-refractivity contribution in [2.24, 2.45) is 0 Å². The highest BCUT2D eigenvalue weighted by Crippen LogP contribution is 2.42. The SMILES string of the molecule is N#Cc1cccc(-c2cc(-c3cccc4c3oc3ccc(C#N)cc34)cc(-c3cccc4oc5ccccc5c34)c2)c1. The Morgan fingerprint density at radius 2 is 1.10 bits per heavy atom. The molecule has 8 aromatic rings. The highest BCUT2D eigenvalue weighted by Gasteiger charge is 2.17. The van der Waals surface area contributed by atoms with E-state index in [9.17, 15) is 10.5 Å². The molecule has 0 aliphatic rings. The summed E-state index contributed by atoms with van der Waals surface area (Å²) in [5.74, 6) is 0. The van der Waals surface area contributed by atoms with Crippen LogP contribution in [0.25, 0.3) is 77.3 Å². The first-order valence-corrected chi connectivity index (χ1v) is 13.6. The molecule has 0 N–H and O–H groups in total. The molecule has 2 aromatic heterocycles. The molecule has 0 amide bonds. The van der Waals surface area contributed by atoms with Gasteiger partial charge in [0.2, 0.25) is 0 Å². The highest BCUT2D eigenvalue weighted by atomic mass is 16.3. The van der Waals surface area contributed by atoms with Crippen molar-refractivity contribution in [2.45, 2.75) is 0 Å². The number of nitrogens with zero attached hydrogens (tertiary/aromatic N) is 2. The highest BCUT2D eigenvalue weighted by molar-refractivity contribution is 6.13. The Balaban J connectivity index is 1.43. The standard InChI is InChI=1S/C38H20N2O2/c39-21-23-6-3-7-25(16-23)26-18-27(29-9-5-13-36-37(29)32-8-1-2-12-34(32)41-36)20-28(19-26)30-10-4-11-31-33-17-24(22-40)14-15-35(33)42-38(30)31/h1-20H. The molecule has 0 atom stereocenters. The summed E-state index contributed by atoms with van der Waals surface area (Å²) >= 11 is 0. The van der Waals surface area contributed by atoms with Gasteiger partial charge >= 0.3 is 0 Å². The molecule has 2 heterocycles. The van der Waals surface area contributed by atoms with E-state index in [1.54, 1.807) is 6.07 Å². The Morgan fingerprint density at radius 3 is 1.98 bits per heavy atom. The molecule has 0 fully saturated rings. The maximum Gasteiger partial charge on any atom is 0.143 e. The van der Waals surface area contributed by atoms with Crippen molar-refractivity contribution < 1.29 is 8.83 Å². The number of fused-ring (bicyclic) bond motifs is 6. The van der Waals surface area contributed by atoms with E-state index in [0.29, 0.717) is 11.1 Å². The summed E-state index contributed by atoms with van der Waals surface area (Å²) < 4.78 is 12.6. The molecule has 0 spiro atoms. The lowest BCUT2D eigenvalue weighted by molar-refractivity contribution is 0.669. The number of benzene rings is 6. The number of hydrogen-bond acceptors (Lipinski definition) is 4. The molecule has 42 heavy (non-hydrogen) atoms. The van der Waals surface area contributed by atoms with Gasteiger partial charge in [-0.2, -0.15) is 10.5 Å². The van der Waals surface area contributed by atoms with Gasteiger partial charge in [-0.05, 0) is 88.5 Å². The molecule has 4 nitrogen and oxygen atoms in total. The van der Waals surface area contributed by atoms with Gasteiger partial charge in [-0.1, -0.05) is 60.7 Å². The van der Waals surface area contributed by atoms with Gasteiger partial charge in [0.15, 0.2) is 0 Å². The molecule has 194 valence electrons. The third-order valence-electron chi connectivity index (χ3n) is 7.91. The Morgan fingerprint density at radius 1 is 0.429 bits per heavy atom. The van der Waals surface area contributed by atoms with Crippen molar-refractivity contribution in [3.05, 3.63) is 132 Å². The fourth-order valence-electron chi connectivity index (χ4n) is 5.98. The number of rotatable bonds is 3. The summed E-state index contributed by atoms with van der Waals surface area (Å²) in [5, 5.41) is 23.1. The molecule has 0 aliphatic carbocycles. The van der Waals surface area contributed by atoms with Crippen LogP contribution in [-0.4, -0.2) is 0 Å². The van der Waals surface area contributed by atoms with E-state index >= 15 is 0 Å². The van der Waals surface area contributed by atoms with E-state index in [-0.39, 0.29) is 0 Å². The Labute approximate surface area is 240 Å². The zero-order valence-corrected chi connectivity index (χ0v) is 22.3. The maximum absolute atomic E-state index is 9.60. The molecule has 8 rings (SSSR count). The van der Waals surface area contributed by atoms with Crippen molar-refractivity contribution in [3.63, 3.8) is 0 Å². The Hall–Kier alpha value is -6.10. The topological polar surface area (TPSA) is 73.9 Å². The number of furan rings is 2. The third kappa shape index (κ3) is 3.68. The molecule has 0 saturated heterocycles. The lowest BCUT2D eigenvalue weighted by Crippen LogP contribution is -1.88. The van der Waals surface area contributed by atoms with Crippen LogP contribution in [0.15, 0.2) is 130 Å². The fourth-order valence-corrected chi connectivity index (χ4v) is 5.98. The van der Waals surface area contributed by atoms with Crippen LogP contribution in [0.2, 0.25) is 0 Å². The number of para-hydroxylation sites is 2. The second kappa shape index (κ2) is 9.24. The monoisotopic (exact) mass is 536 g/mol. The molecule has 0 saturated carbocycles. The molecule has 4 heteroatoms. The first-order chi connectivity index (χ1) is 20.7. The molecule has 0 unspecified atom stereocenters. The minimum absolute atomic E-state index is 0.595. The van der Waals surface area contributed by atoms with Gasteiger partial charge in [-0.3, -0.25) is 0 Å². The normalized spacial score (nSPS) is 11.3. The second-order valence-corrected chi connectivity index (χ2v) is 10.4. The van der Waals surface area contributed by atoms with Crippen LogP contribution in [0.3, 0.4) is 0 Å². The first-order valence-electron chi connectivity index (χ1n) is 13.6. The zero-order chi connectivity index (χ0) is 28.2. The summed E-state index contributed by atoms with van der Waals surface area (Å²) in [6, 6.07) is 44.6. The van der Waals surface area contributed by atoms with E-state index in [1.807, 2.05) is 78.9 Å². The molecule has 0 bridgehead atoms. The van der Waals surface area contributed by atoms with Crippen molar-refractivity contribution in [3.8, 4) is 45.5 Å². The second-order valence-electron chi connectivity index (χ2n) is 10.4. The summed E-state index contributed by atoms with van der Waals surface area (Å²) in [6.45, 7) is 0. The van der Waals surface area contributed by atoms with Crippen LogP contribution in [0.5, 0.6) is 0 Å².